The van der Waals surface area contributed by atoms with E-state index in [1.54, 1.807) is 12.1 Å². The molecule has 0 aliphatic carbocycles. The van der Waals surface area contributed by atoms with E-state index in [1.165, 1.54) is 6.42 Å². The summed E-state index contributed by atoms with van der Waals surface area (Å²) < 4.78 is 6.09. The predicted molar refractivity (Wildman–Crippen MR) is 130 cm³/mol. The van der Waals surface area contributed by atoms with Gasteiger partial charge in [0.05, 0.1) is 17.2 Å². The summed E-state index contributed by atoms with van der Waals surface area (Å²) in [6.45, 7) is 15.0. The van der Waals surface area contributed by atoms with Gasteiger partial charge in [-0.2, -0.15) is 5.26 Å². The molecule has 0 aromatic carbocycles. The molecule has 2 unspecified atom stereocenters. The van der Waals surface area contributed by atoms with Gasteiger partial charge in [0, 0.05) is 38.3 Å². The smallest absolute Gasteiger partial charge is 0.226 e. The van der Waals surface area contributed by atoms with Crippen LogP contribution in [0.1, 0.15) is 77.1 Å². The van der Waals surface area contributed by atoms with Crippen LogP contribution in [-0.2, 0) is 9.53 Å². The molecule has 2 fully saturated rings. The van der Waals surface area contributed by atoms with Crippen LogP contribution in [0.15, 0.2) is 18.2 Å². The maximum absolute atomic E-state index is 12.4. The zero-order valence-corrected chi connectivity index (χ0v) is 20.8. The molecule has 2 saturated heterocycles. The topological polar surface area (TPSA) is 95.5 Å². The zero-order chi connectivity index (χ0) is 24.1. The molecule has 0 saturated carbocycles. The van der Waals surface area contributed by atoms with Crippen molar-refractivity contribution in [3.8, 4) is 6.07 Å². The minimum atomic E-state index is -0.492. The number of nitrogens with zero attached hydrogens (tertiary/aromatic N) is 4. The maximum Gasteiger partial charge on any atom is 0.226 e. The van der Waals surface area contributed by atoms with Gasteiger partial charge in [0.25, 0.3) is 0 Å². The monoisotopic (exact) mass is 455 g/mol. The molecule has 182 valence electrons. The Bertz CT molecular complexity index is 841. The second-order valence-corrected chi connectivity index (χ2v) is 10.8. The minimum Gasteiger partial charge on any atom is -0.375 e. The Hall–Kier alpha value is -2.01. The number of hydrogen-bond acceptors (Lipinski definition) is 6. The van der Waals surface area contributed by atoms with Gasteiger partial charge in [-0.3, -0.25) is 9.69 Å². The molecule has 2 aliphatic heterocycles. The number of pyridine rings is 1. The Balaban J connectivity index is 1.75. The number of aromatic nitrogens is 1. The third kappa shape index (κ3) is 6.75. The highest BCUT2D eigenvalue weighted by atomic mass is 16.5. The van der Waals surface area contributed by atoms with E-state index in [9.17, 15) is 10.1 Å². The molecule has 1 aromatic rings. The second-order valence-electron chi connectivity index (χ2n) is 10.8. The number of piperazine rings is 1. The predicted octanol–water partition coefficient (Wildman–Crippen LogP) is 3.29. The van der Waals surface area contributed by atoms with Gasteiger partial charge in [-0.15, -0.1) is 0 Å². The molecule has 0 radical (unpaired) electrons. The lowest BCUT2D eigenvalue weighted by Gasteiger charge is -2.54. The number of nitrogens with two attached hydrogens (primary N) is 1. The zero-order valence-electron chi connectivity index (χ0n) is 20.8. The molecule has 33 heavy (non-hydrogen) atoms. The lowest BCUT2D eigenvalue weighted by Crippen LogP contribution is -2.61. The van der Waals surface area contributed by atoms with Crippen molar-refractivity contribution in [1.82, 2.24) is 14.8 Å². The van der Waals surface area contributed by atoms with Crippen molar-refractivity contribution in [1.29, 1.82) is 5.26 Å². The van der Waals surface area contributed by atoms with Gasteiger partial charge in [0.1, 0.15) is 11.8 Å². The van der Waals surface area contributed by atoms with Crippen LogP contribution in [0.3, 0.4) is 0 Å². The van der Waals surface area contributed by atoms with E-state index in [2.05, 4.69) is 48.5 Å². The Morgan fingerprint density at radius 2 is 1.97 bits per heavy atom. The lowest BCUT2D eigenvalue weighted by atomic mass is 9.74. The molecule has 1 aromatic heterocycles. The highest BCUT2D eigenvalue weighted by Crippen LogP contribution is 2.41. The van der Waals surface area contributed by atoms with Crippen LogP contribution in [0.2, 0.25) is 0 Å². The average molecular weight is 456 g/mol. The summed E-state index contributed by atoms with van der Waals surface area (Å²) in [5.74, 6) is -0.143. The standard InChI is InChI=1S/C26H41N5O2/c1-20(2)9-12-30-13-15-31(16-14-30)26(11-17-33-25(3,4)19-26)10-8-22(24(28)32)23-7-5-6-21(18-27)29-23/h5-7,20,22H,8-17,19H2,1-4H3,(H2,28,32). The highest BCUT2D eigenvalue weighted by Gasteiger charge is 2.46. The molecule has 0 spiro atoms. The maximum atomic E-state index is 12.4. The van der Waals surface area contributed by atoms with E-state index in [1.807, 2.05) is 6.07 Å². The number of nitriles is 1. The fourth-order valence-corrected chi connectivity index (χ4v) is 5.53. The summed E-state index contributed by atoms with van der Waals surface area (Å²) in [5, 5.41) is 9.22. The summed E-state index contributed by atoms with van der Waals surface area (Å²) in [4.78, 5) is 22.0. The molecule has 2 N–H and O–H groups in total. The van der Waals surface area contributed by atoms with Gasteiger partial charge >= 0.3 is 0 Å². The molecule has 2 atom stereocenters. The summed E-state index contributed by atoms with van der Waals surface area (Å²) in [7, 11) is 0. The van der Waals surface area contributed by atoms with Crippen LogP contribution in [0.5, 0.6) is 0 Å². The first kappa shape index (κ1) is 25.6. The third-order valence-electron chi connectivity index (χ3n) is 7.36. The number of hydrogen-bond donors (Lipinski definition) is 1. The van der Waals surface area contributed by atoms with Gasteiger partial charge in [-0.05, 0) is 70.5 Å². The first-order chi connectivity index (χ1) is 15.6. The third-order valence-corrected chi connectivity index (χ3v) is 7.36. The van der Waals surface area contributed by atoms with E-state index in [0.717, 1.165) is 64.5 Å². The molecule has 7 nitrogen and oxygen atoms in total. The number of carbonyl (C=O) groups excluding carboxylic acids is 1. The molecule has 7 heteroatoms. The van der Waals surface area contributed by atoms with Crippen molar-refractivity contribution < 1.29 is 9.53 Å². The van der Waals surface area contributed by atoms with Crippen molar-refractivity contribution in [2.24, 2.45) is 11.7 Å². The van der Waals surface area contributed by atoms with Crippen molar-refractivity contribution >= 4 is 5.91 Å². The van der Waals surface area contributed by atoms with E-state index >= 15 is 0 Å². The average Bonchev–Trinajstić information content (AvgIpc) is 2.77. The lowest BCUT2D eigenvalue weighted by molar-refractivity contribution is -0.132. The van der Waals surface area contributed by atoms with Crippen LogP contribution in [-0.4, -0.2) is 71.2 Å². The number of rotatable bonds is 9. The first-order valence-electron chi connectivity index (χ1n) is 12.4. The van der Waals surface area contributed by atoms with Crippen molar-refractivity contribution in [3.05, 3.63) is 29.6 Å². The number of amides is 1. The van der Waals surface area contributed by atoms with Gasteiger partial charge in [-0.25, -0.2) is 4.98 Å². The Morgan fingerprint density at radius 3 is 2.58 bits per heavy atom. The van der Waals surface area contributed by atoms with E-state index < -0.39 is 5.92 Å². The minimum absolute atomic E-state index is 0.0214. The quantitative estimate of drug-likeness (QED) is 0.614. The largest absolute Gasteiger partial charge is 0.375 e. The Kier molecular flexibility index (Phi) is 8.49. The Morgan fingerprint density at radius 1 is 1.24 bits per heavy atom. The summed E-state index contributed by atoms with van der Waals surface area (Å²) in [6.07, 6.45) is 4.61. The van der Waals surface area contributed by atoms with E-state index in [-0.39, 0.29) is 17.0 Å². The fourth-order valence-electron chi connectivity index (χ4n) is 5.53. The number of ether oxygens (including phenoxy) is 1. The molecule has 2 aliphatic rings. The van der Waals surface area contributed by atoms with Gasteiger partial charge < -0.3 is 15.4 Å². The summed E-state index contributed by atoms with van der Waals surface area (Å²) >= 11 is 0. The van der Waals surface area contributed by atoms with Crippen molar-refractivity contribution in [2.75, 3.05) is 39.3 Å². The molecular weight excluding hydrogens is 414 g/mol. The molecule has 1 amide bonds. The van der Waals surface area contributed by atoms with Crippen LogP contribution in [0.4, 0.5) is 0 Å². The van der Waals surface area contributed by atoms with Crippen LogP contribution in [0, 0.1) is 17.2 Å². The van der Waals surface area contributed by atoms with Gasteiger partial charge in [0.2, 0.25) is 5.91 Å². The molecular formula is C26H41N5O2. The Labute approximate surface area is 199 Å². The summed E-state index contributed by atoms with van der Waals surface area (Å²) in [5.41, 5.74) is 6.51. The normalized spacial score (nSPS) is 25.0. The van der Waals surface area contributed by atoms with Gasteiger partial charge in [-0.1, -0.05) is 19.9 Å². The van der Waals surface area contributed by atoms with Crippen molar-refractivity contribution in [2.45, 2.75) is 76.9 Å². The van der Waals surface area contributed by atoms with E-state index in [4.69, 9.17) is 10.5 Å². The molecule has 0 bridgehead atoms. The highest BCUT2D eigenvalue weighted by molar-refractivity contribution is 5.81. The van der Waals surface area contributed by atoms with Crippen LogP contribution in [0.25, 0.3) is 0 Å². The first-order valence-corrected chi connectivity index (χ1v) is 12.4. The summed E-state index contributed by atoms with van der Waals surface area (Å²) in [6, 6.07) is 7.31. The molecule has 3 rings (SSSR count). The fraction of sp³-hybridized carbons (Fsp3) is 0.731. The van der Waals surface area contributed by atoms with E-state index in [0.29, 0.717) is 17.8 Å². The number of primary amides is 1. The van der Waals surface area contributed by atoms with Gasteiger partial charge in [0.15, 0.2) is 0 Å². The van der Waals surface area contributed by atoms with Crippen LogP contribution < -0.4 is 5.73 Å². The van der Waals surface area contributed by atoms with Crippen molar-refractivity contribution in [3.63, 3.8) is 0 Å². The molecule has 3 heterocycles. The van der Waals surface area contributed by atoms with Crippen LogP contribution >= 0.6 is 0 Å². The second kappa shape index (κ2) is 10.9. The SMILES string of the molecule is CC(C)CCN1CCN(C2(CCC(C(N)=O)c3cccc(C#N)n3)CCOC(C)(C)C2)CC1. The number of carbonyl (C=O) groups is 1.